The minimum atomic E-state index is -1.09. The van der Waals surface area contributed by atoms with Gasteiger partial charge in [0.2, 0.25) is 17.7 Å². The summed E-state index contributed by atoms with van der Waals surface area (Å²) >= 11 is 0. The number of benzene rings is 2. The third-order valence-corrected chi connectivity index (χ3v) is 8.46. The molecule has 3 aliphatic heterocycles. The van der Waals surface area contributed by atoms with Crippen LogP contribution in [0.1, 0.15) is 43.7 Å². The van der Waals surface area contributed by atoms with Crippen LogP contribution < -0.4 is 10.6 Å². The van der Waals surface area contributed by atoms with E-state index in [-0.39, 0.29) is 30.9 Å². The molecule has 3 N–H and O–H groups in total. The van der Waals surface area contributed by atoms with Gasteiger partial charge >= 0.3 is 0 Å². The monoisotopic (exact) mass is 505 g/mol. The SMILES string of the molecule is CC[C@@]12CCC3(O1)C(C(=O)Nc1cc(C)ccc1C)N(CCCO)C(=O)[C@@H]3[C@@H]2C(=O)Nc1ccccc1. The topological polar surface area (TPSA) is 108 Å². The average molecular weight is 506 g/mol. The van der Waals surface area contributed by atoms with Crippen LogP contribution in [0, 0.1) is 25.7 Å². The summed E-state index contributed by atoms with van der Waals surface area (Å²) in [7, 11) is 0. The van der Waals surface area contributed by atoms with E-state index in [0.717, 1.165) is 11.1 Å². The standard InChI is InChI=1S/C29H35N3O5/c1-4-28-13-14-29(37-28)23(22(28)25(34)30-20-9-6-5-7-10-20)27(36)32(15-8-16-33)24(29)26(35)31-21-17-18(2)11-12-19(21)3/h5-7,9-12,17,22-24,33H,4,8,13-16H2,1-3H3,(H,30,34)(H,31,35)/t22-,23+,24?,28+,29?/m1/s1. The Hall–Kier alpha value is -3.23. The van der Waals surface area contributed by atoms with Crippen molar-refractivity contribution in [2.45, 2.75) is 63.7 Å². The highest BCUT2D eigenvalue weighted by molar-refractivity contribution is 6.05. The molecule has 3 saturated heterocycles. The Morgan fingerprint density at radius 1 is 1.08 bits per heavy atom. The second-order valence-corrected chi connectivity index (χ2v) is 10.6. The maximum absolute atomic E-state index is 14.0. The molecular weight excluding hydrogens is 470 g/mol. The molecule has 5 rings (SSSR count). The second kappa shape index (κ2) is 9.58. The Labute approximate surface area is 217 Å². The van der Waals surface area contributed by atoms with Gasteiger partial charge in [-0.2, -0.15) is 0 Å². The predicted molar refractivity (Wildman–Crippen MR) is 140 cm³/mol. The number of aliphatic hydroxyl groups is 1. The summed E-state index contributed by atoms with van der Waals surface area (Å²) in [5.74, 6) is -2.31. The predicted octanol–water partition coefficient (Wildman–Crippen LogP) is 3.42. The molecule has 2 aromatic rings. The minimum Gasteiger partial charge on any atom is -0.396 e. The normalized spacial score (nSPS) is 29.9. The number of fused-ring (bicyclic) bond motifs is 1. The van der Waals surface area contributed by atoms with Crippen LogP contribution in [0.25, 0.3) is 0 Å². The molecule has 2 unspecified atom stereocenters. The summed E-state index contributed by atoms with van der Waals surface area (Å²) in [5.41, 5.74) is 1.37. The number of carbonyl (C=O) groups is 3. The molecule has 0 saturated carbocycles. The van der Waals surface area contributed by atoms with E-state index in [2.05, 4.69) is 10.6 Å². The third kappa shape index (κ3) is 4.03. The van der Waals surface area contributed by atoms with Crippen LogP contribution in [0.4, 0.5) is 11.4 Å². The van der Waals surface area contributed by atoms with Crippen LogP contribution in [0.2, 0.25) is 0 Å². The van der Waals surface area contributed by atoms with E-state index in [1.165, 1.54) is 4.90 Å². The number of hydrogen-bond donors (Lipinski definition) is 3. The second-order valence-electron chi connectivity index (χ2n) is 10.6. The number of nitrogens with one attached hydrogen (secondary N) is 2. The number of likely N-dealkylation sites (tertiary alicyclic amines) is 1. The molecule has 2 bridgehead atoms. The Balaban J connectivity index is 1.52. The molecule has 3 amide bonds. The highest BCUT2D eigenvalue weighted by Crippen LogP contribution is 2.64. The van der Waals surface area contributed by atoms with E-state index in [4.69, 9.17) is 4.74 Å². The van der Waals surface area contributed by atoms with Gasteiger partial charge in [0.05, 0.1) is 17.4 Å². The Kier molecular flexibility index (Phi) is 6.58. The van der Waals surface area contributed by atoms with E-state index in [0.29, 0.717) is 37.1 Å². The van der Waals surface area contributed by atoms with Gasteiger partial charge in [-0.05, 0) is 68.9 Å². The van der Waals surface area contributed by atoms with E-state index in [1.54, 1.807) is 0 Å². The zero-order valence-corrected chi connectivity index (χ0v) is 21.6. The molecule has 5 atom stereocenters. The minimum absolute atomic E-state index is 0.107. The van der Waals surface area contributed by atoms with Crippen LogP contribution in [0.15, 0.2) is 48.5 Å². The van der Waals surface area contributed by atoms with Gasteiger partial charge in [-0.15, -0.1) is 0 Å². The molecule has 0 radical (unpaired) electrons. The summed E-state index contributed by atoms with van der Waals surface area (Å²) in [5, 5.41) is 15.6. The van der Waals surface area contributed by atoms with Crippen LogP contribution in [0.3, 0.4) is 0 Å². The lowest BCUT2D eigenvalue weighted by Gasteiger charge is -2.34. The van der Waals surface area contributed by atoms with Crippen molar-refractivity contribution in [3.8, 4) is 0 Å². The summed E-state index contributed by atoms with van der Waals surface area (Å²) in [6.07, 6.45) is 2.02. The molecule has 0 aromatic heterocycles. The van der Waals surface area contributed by atoms with Crippen LogP contribution in [0.5, 0.6) is 0 Å². The van der Waals surface area contributed by atoms with Crippen molar-refractivity contribution in [2.75, 3.05) is 23.8 Å². The van der Waals surface area contributed by atoms with E-state index < -0.39 is 29.1 Å². The molecule has 1 spiro atoms. The lowest BCUT2D eigenvalue weighted by atomic mass is 9.65. The summed E-state index contributed by atoms with van der Waals surface area (Å²) in [4.78, 5) is 43.2. The molecule has 0 aliphatic carbocycles. The van der Waals surface area contributed by atoms with Gasteiger partial charge in [0.1, 0.15) is 11.6 Å². The zero-order chi connectivity index (χ0) is 26.4. The van der Waals surface area contributed by atoms with E-state index in [1.807, 2.05) is 69.3 Å². The smallest absolute Gasteiger partial charge is 0.250 e. The van der Waals surface area contributed by atoms with E-state index >= 15 is 0 Å². The fourth-order valence-electron chi connectivity index (χ4n) is 6.71. The van der Waals surface area contributed by atoms with Crippen LogP contribution >= 0.6 is 0 Å². The Bertz CT molecular complexity index is 1220. The number of hydrogen-bond acceptors (Lipinski definition) is 5. The Morgan fingerprint density at radius 3 is 2.54 bits per heavy atom. The molecule has 8 heteroatoms. The average Bonchev–Trinajstić information content (AvgIpc) is 3.49. The number of aliphatic hydroxyl groups excluding tert-OH is 1. The quantitative estimate of drug-likeness (QED) is 0.510. The number of aryl methyl sites for hydroxylation is 2. The van der Waals surface area contributed by atoms with Gasteiger partial charge < -0.3 is 25.4 Å². The molecule has 196 valence electrons. The highest BCUT2D eigenvalue weighted by Gasteiger charge is 2.78. The van der Waals surface area contributed by atoms with Crippen molar-refractivity contribution in [3.63, 3.8) is 0 Å². The number of rotatable bonds is 8. The van der Waals surface area contributed by atoms with Crippen molar-refractivity contribution >= 4 is 29.1 Å². The lowest BCUT2D eigenvalue weighted by Crippen LogP contribution is -2.53. The number of carbonyl (C=O) groups excluding carboxylic acids is 3. The van der Waals surface area contributed by atoms with Crippen molar-refractivity contribution in [3.05, 3.63) is 59.7 Å². The maximum Gasteiger partial charge on any atom is 0.250 e. The third-order valence-electron chi connectivity index (χ3n) is 8.46. The van der Waals surface area contributed by atoms with Crippen molar-refractivity contribution in [2.24, 2.45) is 11.8 Å². The first kappa shape index (κ1) is 25.4. The van der Waals surface area contributed by atoms with Gasteiger partial charge in [-0.1, -0.05) is 37.3 Å². The molecule has 2 aromatic carbocycles. The first-order valence-corrected chi connectivity index (χ1v) is 13.1. The van der Waals surface area contributed by atoms with Crippen molar-refractivity contribution in [1.82, 2.24) is 4.90 Å². The molecular formula is C29H35N3O5. The van der Waals surface area contributed by atoms with E-state index in [9.17, 15) is 19.5 Å². The number of amides is 3. The Morgan fingerprint density at radius 2 is 1.84 bits per heavy atom. The van der Waals surface area contributed by atoms with Crippen LogP contribution in [-0.4, -0.2) is 58.1 Å². The lowest BCUT2D eigenvalue weighted by molar-refractivity contribution is -0.144. The maximum atomic E-state index is 14.0. The van der Waals surface area contributed by atoms with Crippen molar-refractivity contribution < 1.29 is 24.2 Å². The summed E-state index contributed by atoms with van der Waals surface area (Å²) in [6, 6.07) is 14.1. The molecule has 37 heavy (non-hydrogen) atoms. The first-order chi connectivity index (χ1) is 17.8. The number of anilines is 2. The number of ether oxygens (including phenoxy) is 1. The van der Waals surface area contributed by atoms with Gasteiger partial charge in [0.15, 0.2) is 0 Å². The fraction of sp³-hybridized carbons (Fsp3) is 0.483. The van der Waals surface area contributed by atoms with Gasteiger partial charge in [0, 0.05) is 24.5 Å². The van der Waals surface area contributed by atoms with Gasteiger partial charge in [-0.3, -0.25) is 14.4 Å². The first-order valence-electron chi connectivity index (χ1n) is 13.1. The fourth-order valence-corrected chi connectivity index (χ4v) is 6.71. The van der Waals surface area contributed by atoms with Gasteiger partial charge in [-0.25, -0.2) is 0 Å². The molecule has 8 nitrogen and oxygen atoms in total. The molecule has 3 aliphatic rings. The molecule has 3 heterocycles. The largest absolute Gasteiger partial charge is 0.396 e. The summed E-state index contributed by atoms with van der Waals surface area (Å²) < 4.78 is 6.75. The van der Waals surface area contributed by atoms with Crippen LogP contribution in [-0.2, 0) is 19.1 Å². The number of para-hydroxylation sites is 1. The number of nitrogens with zero attached hydrogens (tertiary/aromatic N) is 1. The zero-order valence-electron chi connectivity index (χ0n) is 21.6. The van der Waals surface area contributed by atoms with Crippen molar-refractivity contribution in [1.29, 1.82) is 0 Å². The summed E-state index contributed by atoms with van der Waals surface area (Å²) in [6.45, 7) is 5.96. The van der Waals surface area contributed by atoms with Gasteiger partial charge in [0.25, 0.3) is 0 Å². The molecule has 3 fully saturated rings. The highest BCUT2D eigenvalue weighted by atomic mass is 16.5.